The van der Waals surface area contributed by atoms with Crippen LogP contribution in [0.3, 0.4) is 0 Å². The zero-order chi connectivity index (χ0) is 62.6. The summed E-state index contributed by atoms with van der Waals surface area (Å²) in [7, 11) is 0. The van der Waals surface area contributed by atoms with E-state index in [0.29, 0.717) is 0 Å². The Morgan fingerprint density at radius 2 is 0.685 bits per heavy atom. The van der Waals surface area contributed by atoms with Gasteiger partial charge < -0.3 is 15.1 Å². The van der Waals surface area contributed by atoms with Crippen molar-refractivity contribution in [2.75, 3.05) is 15.1 Å². The van der Waals surface area contributed by atoms with Gasteiger partial charge in [-0.25, -0.2) is 0 Å². The summed E-state index contributed by atoms with van der Waals surface area (Å²) < 4.78 is 0. The van der Waals surface area contributed by atoms with Crippen LogP contribution in [0.4, 0.5) is 45.5 Å². The molecule has 0 spiro atoms. The highest BCUT2D eigenvalue weighted by molar-refractivity contribution is 5.88. The van der Waals surface area contributed by atoms with Crippen molar-refractivity contribution < 1.29 is 0 Å². The smallest absolute Gasteiger partial charge is 0.0465 e. The summed E-state index contributed by atoms with van der Waals surface area (Å²) in [6.07, 6.45) is 19.5. The average molecular weight is 1200 g/mol. The van der Waals surface area contributed by atoms with E-state index in [4.69, 9.17) is 0 Å². The largest absolute Gasteiger partial charge is 0.356 e. The first-order valence-electron chi connectivity index (χ1n) is 34.8. The first kappa shape index (κ1) is 60.4. The number of unbranched alkanes of at least 4 members (excludes halogenated alkanes) is 6. The lowest BCUT2D eigenvalue weighted by atomic mass is 9.69. The van der Waals surface area contributed by atoms with E-state index in [9.17, 15) is 0 Å². The van der Waals surface area contributed by atoms with Crippen molar-refractivity contribution in [3.63, 3.8) is 0 Å². The van der Waals surface area contributed by atoms with Crippen molar-refractivity contribution in [3.8, 4) is 55.6 Å². The average Bonchev–Trinajstić information content (AvgIpc) is 1.56. The molecule has 0 unspecified atom stereocenters. The fourth-order valence-electron chi connectivity index (χ4n) is 15.1. The molecule has 1 N–H and O–H groups in total. The van der Waals surface area contributed by atoms with Crippen LogP contribution in [-0.4, -0.2) is 0 Å². The van der Waals surface area contributed by atoms with E-state index in [1.54, 1.807) is 5.56 Å². The molecule has 3 nitrogen and oxygen atoms in total. The molecule has 3 aliphatic rings. The molecule has 11 aromatic rings. The fourth-order valence-corrected chi connectivity index (χ4v) is 15.1. The van der Waals surface area contributed by atoms with Gasteiger partial charge in [0.2, 0.25) is 0 Å². The van der Waals surface area contributed by atoms with Crippen molar-refractivity contribution in [1.82, 2.24) is 0 Å². The molecule has 0 amide bonds. The predicted molar refractivity (Wildman–Crippen MR) is 394 cm³/mol. The zero-order valence-corrected chi connectivity index (χ0v) is 54.9. The second-order valence-electron chi connectivity index (χ2n) is 26.9. The van der Waals surface area contributed by atoms with E-state index in [-0.39, 0.29) is 10.8 Å². The lowest BCUT2D eigenvalue weighted by molar-refractivity contribution is 0.397. The Labute approximate surface area is 548 Å². The van der Waals surface area contributed by atoms with Gasteiger partial charge in [-0.05, 0) is 248 Å². The number of nitrogens with zero attached hydrogens (tertiary/aromatic N) is 2. The number of anilines is 8. The molecule has 0 fully saturated rings. The van der Waals surface area contributed by atoms with Crippen LogP contribution in [0.15, 0.2) is 249 Å². The molecule has 0 atom stereocenters. The molecule has 14 rings (SSSR count). The Morgan fingerprint density at radius 1 is 0.326 bits per heavy atom. The summed E-state index contributed by atoms with van der Waals surface area (Å²) >= 11 is 0. The molecule has 0 saturated carbocycles. The maximum absolute atomic E-state index is 3.62. The van der Waals surface area contributed by atoms with Gasteiger partial charge in [0, 0.05) is 50.9 Å². The maximum Gasteiger partial charge on any atom is 0.0465 e. The Morgan fingerprint density at radius 3 is 1.09 bits per heavy atom. The lowest BCUT2D eigenvalue weighted by Crippen LogP contribution is -2.27. The second kappa shape index (κ2) is 26.6. The summed E-state index contributed by atoms with van der Waals surface area (Å²) in [5.74, 6) is 0. The fraction of sp³-hybridized carbons (Fsp3) is 0.258. The minimum absolute atomic E-state index is 0.0512. The summed E-state index contributed by atoms with van der Waals surface area (Å²) in [6, 6.07) is 94.3. The number of hydrogen-bond acceptors (Lipinski definition) is 3. The van der Waals surface area contributed by atoms with Gasteiger partial charge in [-0.3, -0.25) is 0 Å². The summed E-state index contributed by atoms with van der Waals surface area (Å²) in [4.78, 5) is 4.88. The zero-order valence-electron chi connectivity index (χ0n) is 54.9. The van der Waals surface area contributed by atoms with Crippen LogP contribution in [0.2, 0.25) is 0 Å². The van der Waals surface area contributed by atoms with E-state index in [1.165, 1.54) is 190 Å². The predicted octanol–water partition coefficient (Wildman–Crippen LogP) is 25.5. The molecule has 92 heavy (non-hydrogen) atoms. The molecule has 460 valence electrons. The number of para-hydroxylation sites is 1. The third-order valence-corrected chi connectivity index (χ3v) is 21.4. The van der Waals surface area contributed by atoms with Crippen molar-refractivity contribution in [2.24, 2.45) is 0 Å². The third-order valence-electron chi connectivity index (χ3n) is 21.4. The first-order chi connectivity index (χ1) is 45.2. The minimum Gasteiger partial charge on any atom is -0.356 e. The minimum atomic E-state index is -0.0512. The molecule has 3 heteroatoms. The topological polar surface area (TPSA) is 18.5 Å². The van der Waals surface area contributed by atoms with E-state index in [2.05, 4.69) is 298 Å². The van der Waals surface area contributed by atoms with Gasteiger partial charge in [-0.1, -0.05) is 238 Å². The first-order valence-corrected chi connectivity index (χ1v) is 34.8. The van der Waals surface area contributed by atoms with Crippen LogP contribution < -0.4 is 15.1 Å². The van der Waals surface area contributed by atoms with Crippen LogP contribution in [0.5, 0.6) is 0 Å². The van der Waals surface area contributed by atoms with Gasteiger partial charge in [0.05, 0.1) is 0 Å². The number of hydrogen-bond donors (Lipinski definition) is 1. The van der Waals surface area contributed by atoms with Gasteiger partial charge >= 0.3 is 0 Å². The third kappa shape index (κ3) is 12.0. The highest BCUT2D eigenvalue weighted by atomic mass is 15.1. The van der Waals surface area contributed by atoms with Crippen molar-refractivity contribution in [3.05, 3.63) is 288 Å². The standard InChI is InChI=1S/C89H89N3/c1-6-10-12-17-57-89(58-18-13-11-7-2)86-61-75(88(5,8-3)9-4)41-55-84(86)85-56-54-83(62-87(85)89)92(82-52-39-70(40-53-82)74-28-24-68-22-26-72(68)60-74)81-50-37-66(38-51-81)65-35-48-80(49-36-65)91(78-19-15-14-16-20-78)79-46-33-64(34-47-79)63-29-42-76(43-30-63)90-77-44-31-69(32-45-77)73-27-23-67-21-25-71(67)59-73/h14-16,19-20,23-24,27-56,59-62,90H,6-13,17-18,21-22,25-26,57-58H2,1-5H3. The second-order valence-corrected chi connectivity index (χ2v) is 26.9. The van der Waals surface area contributed by atoms with Gasteiger partial charge in [0.15, 0.2) is 0 Å². The lowest BCUT2D eigenvalue weighted by Gasteiger charge is -2.35. The molecular weight excluding hydrogens is 1110 g/mol. The number of nitrogens with one attached hydrogen (secondary N) is 1. The molecule has 0 aliphatic heterocycles. The molecule has 0 bridgehead atoms. The Hall–Kier alpha value is -9.18. The Balaban J connectivity index is 0.753. The maximum atomic E-state index is 3.62. The van der Waals surface area contributed by atoms with Gasteiger partial charge in [-0.2, -0.15) is 0 Å². The molecular formula is C89H89N3. The van der Waals surface area contributed by atoms with Crippen LogP contribution >= 0.6 is 0 Å². The Bertz CT molecular complexity index is 4310. The number of rotatable bonds is 25. The Kier molecular flexibility index (Phi) is 17.4. The number of fused-ring (bicyclic) bond motifs is 5. The van der Waals surface area contributed by atoms with Gasteiger partial charge in [0.25, 0.3) is 0 Å². The van der Waals surface area contributed by atoms with Gasteiger partial charge in [0.1, 0.15) is 0 Å². The summed E-state index contributed by atoms with van der Waals surface area (Å²) in [5.41, 5.74) is 32.4. The molecule has 0 saturated heterocycles. The SMILES string of the molecule is CCCCCCC1(CCCCCC)c2cc(N(c3ccc(-c4ccc(N(c5ccccc5)c5ccc(-c6ccc(Nc7ccc(-c8ccc9c(c8)CC9)cc7)cc6)cc5)cc4)cc3)c3ccc(-c4ccc5c(c4)CC5)cc3)ccc2-c2ccc(C(C)(CC)CC)cc21. The molecule has 3 aliphatic carbocycles. The number of aryl methyl sites for hydroxylation is 4. The normalized spacial score (nSPS) is 13.3. The summed E-state index contributed by atoms with van der Waals surface area (Å²) in [6.45, 7) is 11.9. The van der Waals surface area contributed by atoms with E-state index >= 15 is 0 Å². The molecule has 0 radical (unpaired) electrons. The van der Waals surface area contributed by atoms with E-state index in [0.717, 1.165) is 47.0 Å². The van der Waals surface area contributed by atoms with Crippen LogP contribution in [0.1, 0.15) is 151 Å². The van der Waals surface area contributed by atoms with Crippen LogP contribution in [-0.2, 0) is 36.5 Å². The van der Waals surface area contributed by atoms with Crippen LogP contribution in [0, 0.1) is 0 Å². The molecule has 0 heterocycles. The summed E-state index contributed by atoms with van der Waals surface area (Å²) in [5, 5.41) is 3.62. The highest BCUT2D eigenvalue weighted by Crippen LogP contribution is 2.57. The number of benzene rings is 11. The van der Waals surface area contributed by atoms with E-state index < -0.39 is 0 Å². The van der Waals surface area contributed by atoms with Crippen molar-refractivity contribution >= 4 is 45.5 Å². The molecule has 11 aromatic carbocycles. The monoisotopic (exact) mass is 1200 g/mol. The van der Waals surface area contributed by atoms with E-state index in [1.807, 2.05) is 0 Å². The van der Waals surface area contributed by atoms with Gasteiger partial charge in [-0.15, -0.1) is 0 Å². The van der Waals surface area contributed by atoms with Crippen molar-refractivity contribution in [2.45, 2.75) is 148 Å². The quantitative estimate of drug-likeness (QED) is 0.0576. The highest BCUT2D eigenvalue weighted by Gasteiger charge is 2.44. The van der Waals surface area contributed by atoms with Crippen LogP contribution in [0.25, 0.3) is 55.6 Å². The van der Waals surface area contributed by atoms with Crippen molar-refractivity contribution in [1.29, 1.82) is 0 Å². The molecule has 0 aromatic heterocycles.